The fraction of sp³-hybridized carbons (Fsp3) is 0.733. The molecule has 5 nitrogen and oxygen atoms in total. The highest BCUT2D eigenvalue weighted by molar-refractivity contribution is 7.15. The van der Waals surface area contributed by atoms with Crippen LogP contribution in [0.3, 0.4) is 0 Å². The van der Waals surface area contributed by atoms with Crippen LogP contribution in [-0.2, 0) is 20.7 Å². The summed E-state index contributed by atoms with van der Waals surface area (Å²) < 4.78 is 10.9. The molecule has 0 bridgehead atoms. The molecule has 0 spiro atoms. The Morgan fingerprint density at radius 3 is 3.19 bits per heavy atom. The summed E-state index contributed by atoms with van der Waals surface area (Å²) in [6.45, 7) is 6.01. The quantitative estimate of drug-likeness (QED) is 0.847. The van der Waals surface area contributed by atoms with Crippen LogP contribution in [0.25, 0.3) is 0 Å². The van der Waals surface area contributed by atoms with Crippen molar-refractivity contribution < 1.29 is 14.3 Å². The predicted octanol–water partition coefficient (Wildman–Crippen LogP) is 2.72. The van der Waals surface area contributed by atoms with Crippen LogP contribution in [0.15, 0.2) is 0 Å². The summed E-state index contributed by atoms with van der Waals surface area (Å²) in [5.41, 5.74) is 0.829. The Morgan fingerprint density at radius 2 is 2.48 bits per heavy atom. The number of aryl methyl sites for hydroxylation is 1. The number of nitrogens with zero attached hydrogens (tertiary/aromatic N) is 1. The first-order valence-corrected chi connectivity index (χ1v) is 8.47. The number of anilines is 1. The monoisotopic (exact) mass is 310 g/mol. The van der Waals surface area contributed by atoms with E-state index < -0.39 is 0 Å². The van der Waals surface area contributed by atoms with E-state index in [9.17, 15) is 4.79 Å². The van der Waals surface area contributed by atoms with Gasteiger partial charge in [-0.05, 0) is 39.5 Å². The number of hydrogen-bond acceptors (Lipinski definition) is 6. The first kappa shape index (κ1) is 14.8. The zero-order valence-corrected chi connectivity index (χ0v) is 13.4. The lowest BCUT2D eigenvalue weighted by molar-refractivity contribution is -0.145. The zero-order chi connectivity index (χ0) is 14.9. The van der Waals surface area contributed by atoms with E-state index in [1.165, 1.54) is 4.88 Å². The Balaban J connectivity index is 1.64. The number of thiazole rings is 1. The lowest BCUT2D eigenvalue weighted by Gasteiger charge is -2.23. The summed E-state index contributed by atoms with van der Waals surface area (Å²) in [4.78, 5) is 17.8. The number of aromatic nitrogens is 1. The first-order valence-electron chi connectivity index (χ1n) is 7.65. The van der Waals surface area contributed by atoms with Gasteiger partial charge in [0, 0.05) is 18.0 Å². The highest BCUT2D eigenvalue weighted by Crippen LogP contribution is 2.39. The fourth-order valence-electron chi connectivity index (χ4n) is 3.01. The molecule has 3 rings (SSSR count). The summed E-state index contributed by atoms with van der Waals surface area (Å²) in [6, 6.07) is 0. The average Bonchev–Trinajstić information content (AvgIpc) is 3.12. The maximum absolute atomic E-state index is 11.9. The van der Waals surface area contributed by atoms with Gasteiger partial charge in [0.1, 0.15) is 5.92 Å². The molecule has 1 aromatic rings. The molecule has 1 aliphatic heterocycles. The van der Waals surface area contributed by atoms with E-state index in [1.54, 1.807) is 11.3 Å². The maximum atomic E-state index is 11.9. The van der Waals surface area contributed by atoms with Crippen molar-refractivity contribution in [1.82, 2.24) is 4.98 Å². The molecule has 6 heteroatoms. The smallest absolute Gasteiger partial charge is 0.315 e. The summed E-state index contributed by atoms with van der Waals surface area (Å²) in [7, 11) is 0. The summed E-state index contributed by atoms with van der Waals surface area (Å²) in [6.07, 6.45) is 3.95. The second kappa shape index (κ2) is 5.93. The SMILES string of the molecule is CCOC(=O)C1CCc2sc(NCC3(C)CCCO3)nc21. The molecule has 2 atom stereocenters. The Bertz CT molecular complexity index is 523. The van der Waals surface area contributed by atoms with E-state index in [4.69, 9.17) is 9.47 Å². The van der Waals surface area contributed by atoms with Crippen LogP contribution in [0.1, 0.15) is 49.6 Å². The Morgan fingerprint density at radius 1 is 1.62 bits per heavy atom. The number of nitrogens with one attached hydrogen (secondary N) is 1. The standard InChI is InChI=1S/C15H22N2O3S/c1-3-19-13(18)10-5-6-11-12(10)17-14(21-11)16-9-15(2)7-4-8-20-15/h10H,3-9H2,1-2H3,(H,16,17). The van der Waals surface area contributed by atoms with Crippen LogP contribution >= 0.6 is 11.3 Å². The highest BCUT2D eigenvalue weighted by Gasteiger charge is 2.34. The van der Waals surface area contributed by atoms with E-state index in [-0.39, 0.29) is 17.5 Å². The van der Waals surface area contributed by atoms with Gasteiger partial charge < -0.3 is 14.8 Å². The van der Waals surface area contributed by atoms with Crippen LogP contribution in [0.2, 0.25) is 0 Å². The molecule has 116 valence electrons. The molecule has 2 heterocycles. The zero-order valence-electron chi connectivity index (χ0n) is 12.6. The molecule has 0 aromatic carbocycles. The molecule has 1 aromatic heterocycles. The van der Waals surface area contributed by atoms with Crippen molar-refractivity contribution in [2.24, 2.45) is 0 Å². The molecular weight excluding hydrogens is 288 g/mol. The van der Waals surface area contributed by atoms with Gasteiger partial charge in [-0.15, -0.1) is 11.3 Å². The van der Waals surface area contributed by atoms with Crippen LogP contribution in [0.5, 0.6) is 0 Å². The number of ether oxygens (including phenoxy) is 2. The summed E-state index contributed by atoms with van der Waals surface area (Å²) in [5.74, 6) is -0.316. The van der Waals surface area contributed by atoms with Gasteiger partial charge in [-0.25, -0.2) is 4.98 Å². The minimum atomic E-state index is -0.176. The van der Waals surface area contributed by atoms with Gasteiger partial charge in [-0.1, -0.05) is 0 Å². The molecule has 2 unspecified atom stereocenters. The van der Waals surface area contributed by atoms with E-state index >= 15 is 0 Å². The van der Waals surface area contributed by atoms with Crippen molar-refractivity contribution in [2.45, 2.75) is 51.0 Å². The van der Waals surface area contributed by atoms with Crippen molar-refractivity contribution in [3.8, 4) is 0 Å². The van der Waals surface area contributed by atoms with Crippen molar-refractivity contribution in [2.75, 3.05) is 25.1 Å². The van der Waals surface area contributed by atoms with E-state index in [0.29, 0.717) is 6.61 Å². The van der Waals surface area contributed by atoms with Crippen molar-refractivity contribution >= 4 is 22.4 Å². The van der Waals surface area contributed by atoms with Gasteiger partial charge in [-0.3, -0.25) is 4.79 Å². The van der Waals surface area contributed by atoms with Gasteiger partial charge >= 0.3 is 5.97 Å². The molecule has 1 fully saturated rings. The molecule has 1 N–H and O–H groups in total. The van der Waals surface area contributed by atoms with E-state index in [1.807, 2.05) is 6.92 Å². The average molecular weight is 310 g/mol. The Hall–Kier alpha value is -1.14. The molecule has 1 aliphatic carbocycles. The third-order valence-corrected chi connectivity index (χ3v) is 5.29. The minimum Gasteiger partial charge on any atom is -0.465 e. The van der Waals surface area contributed by atoms with Gasteiger partial charge in [0.15, 0.2) is 5.13 Å². The normalized spacial score (nSPS) is 27.6. The van der Waals surface area contributed by atoms with Crippen LogP contribution in [0.4, 0.5) is 5.13 Å². The second-order valence-electron chi connectivity index (χ2n) is 5.93. The fourth-order valence-corrected chi connectivity index (χ4v) is 4.05. The minimum absolute atomic E-state index is 0.0867. The Labute approximate surface area is 129 Å². The van der Waals surface area contributed by atoms with Crippen LogP contribution in [0, 0.1) is 0 Å². The number of carbonyl (C=O) groups is 1. The second-order valence-corrected chi connectivity index (χ2v) is 7.01. The van der Waals surface area contributed by atoms with E-state index in [2.05, 4.69) is 17.2 Å². The van der Waals surface area contributed by atoms with Crippen LogP contribution < -0.4 is 5.32 Å². The molecule has 0 amide bonds. The molecule has 0 saturated carbocycles. The third kappa shape index (κ3) is 3.06. The lowest BCUT2D eigenvalue weighted by Crippen LogP contribution is -2.32. The number of fused-ring (bicyclic) bond motifs is 1. The predicted molar refractivity (Wildman–Crippen MR) is 81.9 cm³/mol. The maximum Gasteiger partial charge on any atom is 0.315 e. The number of carbonyl (C=O) groups excluding carboxylic acids is 1. The van der Waals surface area contributed by atoms with Gasteiger partial charge in [-0.2, -0.15) is 0 Å². The van der Waals surface area contributed by atoms with Crippen molar-refractivity contribution in [3.63, 3.8) is 0 Å². The lowest BCUT2D eigenvalue weighted by atomic mass is 10.0. The van der Waals surface area contributed by atoms with Gasteiger partial charge in [0.2, 0.25) is 0 Å². The molecule has 1 saturated heterocycles. The van der Waals surface area contributed by atoms with Crippen molar-refractivity contribution in [1.29, 1.82) is 0 Å². The van der Waals surface area contributed by atoms with Crippen LogP contribution in [-0.4, -0.2) is 36.3 Å². The van der Waals surface area contributed by atoms with E-state index in [0.717, 1.165) is 49.7 Å². The number of esters is 1. The Kier molecular flexibility index (Phi) is 4.17. The summed E-state index contributed by atoms with van der Waals surface area (Å²) in [5, 5.41) is 4.27. The number of rotatable bonds is 5. The van der Waals surface area contributed by atoms with Crippen molar-refractivity contribution in [3.05, 3.63) is 10.6 Å². The largest absolute Gasteiger partial charge is 0.465 e. The van der Waals surface area contributed by atoms with Gasteiger partial charge in [0.25, 0.3) is 0 Å². The topological polar surface area (TPSA) is 60.5 Å². The molecular formula is C15H22N2O3S. The molecule has 0 radical (unpaired) electrons. The highest BCUT2D eigenvalue weighted by atomic mass is 32.1. The molecule has 2 aliphatic rings. The first-order chi connectivity index (χ1) is 10.1. The van der Waals surface area contributed by atoms with Gasteiger partial charge in [0.05, 0.1) is 17.9 Å². The number of hydrogen-bond donors (Lipinski definition) is 1. The summed E-state index contributed by atoms with van der Waals surface area (Å²) >= 11 is 1.66. The third-order valence-electron chi connectivity index (χ3n) is 4.20. The molecule has 21 heavy (non-hydrogen) atoms.